The number of hydrogen-bond acceptors (Lipinski definition) is 5. The summed E-state index contributed by atoms with van der Waals surface area (Å²) in [4.78, 5) is 21.3. The van der Waals surface area contributed by atoms with Crippen LogP contribution in [-0.2, 0) is 32.3 Å². The van der Waals surface area contributed by atoms with Gasteiger partial charge in [0.25, 0.3) is 0 Å². The number of fused-ring (bicyclic) bond motifs is 2. The van der Waals surface area contributed by atoms with Crippen molar-refractivity contribution in [3.05, 3.63) is 64.8 Å². The third-order valence-corrected chi connectivity index (χ3v) is 12.2. The first-order chi connectivity index (χ1) is 23.1. The Balaban J connectivity index is 1.22. The summed E-state index contributed by atoms with van der Waals surface area (Å²) in [5.41, 5.74) is 10.4. The highest BCUT2D eigenvalue weighted by Gasteiger charge is 2.53. The molecule has 3 aromatic rings. The van der Waals surface area contributed by atoms with Crippen LogP contribution in [-0.4, -0.2) is 71.5 Å². The van der Waals surface area contributed by atoms with Crippen LogP contribution < -0.4 is 5.46 Å². The molecule has 1 spiro atoms. The van der Waals surface area contributed by atoms with Crippen molar-refractivity contribution in [2.24, 2.45) is 0 Å². The number of H-pyrrole nitrogens is 1. The second-order valence-electron chi connectivity index (χ2n) is 17.1. The third kappa shape index (κ3) is 6.16. The predicted molar refractivity (Wildman–Crippen MR) is 198 cm³/mol. The van der Waals surface area contributed by atoms with Gasteiger partial charge in [-0.25, -0.2) is 4.79 Å². The maximum Gasteiger partial charge on any atom is 0.495 e. The van der Waals surface area contributed by atoms with E-state index in [1.807, 2.05) is 25.7 Å². The first kappa shape index (κ1) is 34.4. The molecule has 1 aliphatic carbocycles. The number of amides is 1. The first-order valence-electron chi connectivity index (χ1n) is 18.6. The lowest BCUT2D eigenvalue weighted by Gasteiger charge is -2.40. The lowest BCUT2D eigenvalue weighted by Crippen LogP contribution is -2.41. The van der Waals surface area contributed by atoms with Crippen molar-refractivity contribution in [3.63, 3.8) is 0 Å². The zero-order valence-corrected chi connectivity index (χ0v) is 31.3. The van der Waals surface area contributed by atoms with Gasteiger partial charge in [0.15, 0.2) is 0 Å². The monoisotopic (exact) mass is 665 g/mol. The number of carbonyl (C=O) groups is 1. The van der Waals surface area contributed by atoms with Crippen molar-refractivity contribution in [1.29, 1.82) is 0 Å². The number of rotatable bonds is 5. The Morgan fingerprint density at radius 3 is 2.24 bits per heavy atom. The second kappa shape index (κ2) is 12.3. The fraction of sp³-hybridized carbons (Fsp3) is 0.585. The van der Waals surface area contributed by atoms with E-state index in [9.17, 15) is 4.79 Å². The molecule has 4 heterocycles. The number of piperidine rings is 1. The Bertz CT molecular complexity index is 1700. The van der Waals surface area contributed by atoms with Gasteiger partial charge < -0.3 is 23.9 Å². The molecule has 3 saturated heterocycles. The summed E-state index contributed by atoms with van der Waals surface area (Å²) in [6, 6.07) is 16.0. The van der Waals surface area contributed by atoms with Gasteiger partial charge in [-0.15, -0.1) is 0 Å². The van der Waals surface area contributed by atoms with E-state index in [1.54, 1.807) is 0 Å². The Hall–Kier alpha value is -3.07. The van der Waals surface area contributed by atoms with Crippen molar-refractivity contribution >= 4 is 18.7 Å². The zero-order chi connectivity index (χ0) is 34.9. The van der Waals surface area contributed by atoms with Crippen molar-refractivity contribution in [2.75, 3.05) is 26.7 Å². The number of benzene rings is 2. The molecule has 3 fully saturated rings. The summed E-state index contributed by atoms with van der Waals surface area (Å²) < 4.78 is 19.0. The molecular weight excluding hydrogens is 609 g/mol. The van der Waals surface area contributed by atoms with Crippen LogP contribution in [0.15, 0.2) is 42.5 Å². The van der Waals surface area contributed by atoms with Gasteiger partial charge >= 0.3 is 13.2 Å². The quantitative estimate of drug-likeness (QED) is 0.279. The number of hydrogen-bond donors (Lipinski definition) is 1. The van der Waals surface area contributed by atoms with E-state index in [0.717, 1.165) is 62.3 Å². The number of aromatic nitrogens is 1. The van der Waals surface area contributed by atoms with Gasteiger partial charge in [0.2, 0.25) is 0 Å². The Labute approximate surface area is 294 Å². The fourth-order valence-electron chi connectivity index (χ4n) is 8.70. The third-order valence-electron chi connectivity index (χ3n) is 12.2. The average Bonchev–Trinajstić information content (AvgIpc) is 3.82. The molecule has 0 saturated carbocycles. The largest absolute Gasteiger partial charge is 0.495 e. The number of aromatic amines is 1. The van der Waals surface area contributed by atoms with Crippen LogP contribution in [0.3, 0.4) is 0 Å². The first-order valence-corrected chi connectivity index (χ1v) is 18.6. The molecule has 1 atom stereocenters. The normalized spacial score (nSPS) is 23.0. The number of likely N-dealkylation sites (tertiary alicyclic amines) is 2. The highest BCUT2D eigenvalue weighted by atomic mass is 16.7. The summed E-state index contributed by atoms with van der Waals surface area (Å²) in [5.74, 6) is 0. The highest BCUT2D eigenvalue weighted by Crippen LogP contribution is 2.50. The van der Waals surface area contributed by atoms with Crippen molar-refractivity contribution in [3.8, 4) is 22.4 Å². The minimum absolute atomic E-state index is 0.00799. The molecular formula is C41H56BN3O4. The van der Waals surface area contributed by atoms with E-state index >= 15 is 0 Å². The molecule has 7 rings (SSSR count). The van der Waals surface area contributed by atoms with Crippen molar-refractivity contribution in [1.82, 2.24) is 14.8 Å². The van der Waals surface area contributed by atoms with Gasteiger partial charge in [-0.05, 0) is 164 Å². The molecule has 3 aliphatic heterocycles. The molecule has 1 unspecified atom stereocenters. The van der Waals surface area contributed by atoms with Crippen LogP contribution in [0.4, 0.5) is 4.79 Å². The van der Waals surface area contributed by atoms with Gasteiger partial charge in [-0.3, -0.25) is 4.90 Å². The maximum atomic E-state index is 13.1. The van der Waals surface area contributed by atoms with E-state index in [-0.39, 0.29) is 35.9 Å². The van der Waals surface area contributed by atoms with Crippen LogP contribution >= 0.6 is 0 Å². The van der Waals surface area contributed by atoms with E-state index < -0.39 is 5.60 Å². The van der Waals surface area contributed by atoms with Crippen LogP contribution in [0, 0.1) is 0 Å². The predicted octanol–water partition coefficient (Wildman–Crippen LogP) is 8.19. The zero-order valence-electron chi connectivity index (χ0n) is 31.3. The van der Waals surface area contributed by atoms with Crippen molar-refractivity contribution < 1.29 is 18.8 Å². The lowest BCUT2D eigenvalue weighted by atomic mass is 9.68. The van der Waals surface area contributed by atoms with Gasteiger partial charge in [0, 0.05) is 17.9 Å². The van der Waals surface area contributed by atoms with Crippen LogP contribution in [0.25, 0.3) is 22.4 Å². The van der Waals surface area contributed by atoms with Gasteiger partial charge in [-0.2, -0.15) is 0 Å². The summed E-state index contributed by atoms with van der Waals surface area (Å²) >= 11 is 0. The summed E-state index contributed by atoms with van der Waals surface area (Å²) in [6.07, 6.45) is 7.21. The molecule has 0 radical (unpaired) electrons. The highest BCUT2D eigenvalue weighted by molar-refractivity contribution is 6.62. The van der Waals surface area contributed by atoms with E-state index in [0.29, 0.717) is 0 Å². The number of nitrogens with one attached hydrogen (secondary N) is 1. The lowest BCUT2D eigenvalue weighted by molar-refractivity contribution is 0.00578. The summed E-state index contributed by atoms with van der Waals surface area (Å²) in [7, 11) is 1.90. The standard InChI is InChI=1S/C41H56BN3O4/c1-10-27-26-33(43-36(27)34-12-11-23-45(34)37(46)47-38(2,3)4)29-15-13-28(14-16-29)30-17-18-32(42-48-39(5,6)40(7,8)49-42)31-19-20-41(35(30)31)21-24-44(9)25-22-41/h13-18,26,34,43H,10-12,19-25H2,1-9H3. The minimum atomic E-state index is -0.514. The van der Waals surface area contributed by atoms with E-state index in [4.69, 9.17) is 14.0 Å². The average molecular weight is 666 g/mol. The topological polar surface area (TPSA) is 67.0 Å². The molecule has 7 nitrogen and oxygen atoms in total. The van der Waals surface area contributed by atoms with Crippen LogP contribution in [0.5, 0.6) is 0 Å². The Morgan fingerprint density at radius 2 is 1.61 bits per heavy atom. The molecule has 2 aromatic carbocycles. The van der Waals surface area contributed by atoms with Crippen molar-refractivity contribution in [2.45, 2.75) is 129 Å². The molecule has 0 bridgehead atoms. The van der Waals surface area contributed by atoms with E-state index in [1.165, 1.54) is 52.5 Å². The number of ether oxygens (including phenoxy) is 1. The fourth-order valence-corrected chi connectivity index (χ4v) is 8.70. The maximum absolute atomic E-state index is 13.1. The van der Waals surface area contributed by atoms with Crippen LogP contribution in [0.1, 0.15) is 116 Å². The number of carbonyl (C=O) groups excluding carboxylic acids is 1. The molecule has 262 valence electrons. The van der Waals surface area contributed by atoms with Crippen LogP contribution in [0.2, 0.25) is 0 Å². The Kier molecular flexibility index (Phi) is 8.64. The number of aryl methyl sites for hydroxylation is 1. The summed E-state index contributed by atoms with van der Waals surface area (Å²) in [5, 5.41) is 0. The van der Waals surface area contributed by atoms with Gasteiger partial charge in [0.05, 0.1) is 17.2 Å². The number of nitrogens with zero attached hydrogens (tertiary/aromatic N) is 2. The molecule has 1 amide bonds. The minimum Gasteiger partial charge on any atom is -0.444 e. The molecule has 1 N–H and O–H groups in total. The van der Waals surface area contributed by atoms with E-state index in [2.05, 4.69) is 94.0 Å². The molecule has 8 heteroatoms. The SMILES string of the molecule is CCc1cc(-c2ccc(-c3ccc(B4OC(C)(C)C(C)(C)O4)c4c3C3(CC4)CCN(C)CC3)cc2)[nH]c1C1CCCN1C(=O)OC(C)(C)C. The van der Waals surface area contributed by atoms with Gasteiger partial charge in [-0.1, -0.05) is 43.3 Å². The molecule has 49 heavy (non-hydrogen) atoms. The smallest absolute Gasteiger partial charge is 0.444 e. The summed E-state index contributed by atoms with van der Waals surface area (Å²) in [6.45, 7) is 19.5. The molecule has 4 aliphatic rings. The molecule has 1 aromatic heterocycles. The Morgan fingerprint density at radius 1 is 0.959 bits per heavy atom. The second-order valence-corrected chi connectivity index (χ2v) is 17.1. The van der Waals surface area contributed by atoms with Gasteiger partial charge in [0.1, 0.15) is 5.60 Å².